The quantitative estimate of drug-likeness (QED) is 0.198. The molecule has 2 nitrogen and oxygen atoms in total. The number of hydrogen-bond acceptors (Lipinski definition) is 1. The molecule has 0 saturated carbocycles. The number of pyridine rings is 2. The van der Waals surface area contributed by atoms with Crippen LogP contribution in [0.4, 0.5) is 0 Å². The third kappa shape index (κ3) is 2.27. The summed E-state index contributed by atoms with van der Waals surface area (Å²) in [5.74, 6) is 0. The van der Waals surface area contributed by atoms with Gasteiger partial charge in [-0.1, -0.05) is 59.2 Å². The maximum Gasteiger partial charge on any atom is 0.0736 e. The lowest BCUT2D eigenvalue weighted by Gasteiger charge is -2.14. The molecule has 7 aromatic rings. The molecule has 0 amide bonds. The summed E-state index contributed by atoms with van der Waals surface area (Å²) in [6.45, 7) is 6.48. The van der Waals surface area contributed by atoms with Crippen LogP contribution in [0.3, 0.4) is 0 Å². The molecule has 0 atom stereocenters. The third-order valence-corrected chi connectivity index (χ3v) is 6.80. The van der Waals surface area contributed by atoms with Crippen molar-refractivity contribution in [2.45, 2.75) is 20.8 Å². The monoisotopic (exact) mass is 410 g/mol. The lowest BCUT2D eigenvalue weighted by Crippen LogP contribution is -1.96. The zero-order valence-electron chi connectivity index (χ0n) is 18.4. The normalized spacial score (nSPS) is 12.2. The maximum absolute atomic E-state index is 5.13. The lowest BCUT2D eigenvalue weighted by molar-refractivity contribution is 1.31. The molecule has 3 heterocycles. The highest BCUT2D eigenvalue weighted by Gasteiger charge is 2.19. The van der Waals surface area contributed by atoms with Gasteiger partial charge in [0.15, 0.2) is 0 Å². The summed E-state index contributed by atoms with van der Waals surface area (Å²) >= 11 is 0. The molecule has 0 aliphatic carbocycles. The minimum Gasteiger partial charge on any atom is -0.308 e. The van der Waals surface area contributed by atoms with Crippen molar-refractivity contribution in [2.24, 2.45) is 0 Å². The van der Waals surface area contributed by atoms with Crippen molar-refractivity contribution in [3.05, 3.63) is 95.6 Å². The summed E-state index contributed by atoms with van der Waals surface area (Å²) in [5.41, 5.74) is 10.8. The van der Waals surface area contributed by atoms with Gasteiger partial charge in [0.25, 0.3) is 0 Å². The lowest BCUT2D eigenvalue weighted by atomic mass is 9.99. The number of aryl methyl sites for hydroxylation is 3. The Morgan fingerprint density at radius 2 is 1.31 bits per heavy atom. The summed E-state index contributed by atoms with van der Waals surface area (Å²) in [6.07, 6.45) is 0. The molecular formula is C30H22N2. The van der Waals surface area contributed by atoms with Crippen molar-refractivity contribution >= 4 is 49.0 Å². The Morgan fingerprint density at radius 3 is 2.12 bits per heavy atom. The first-order chi connectivity index (χ1) is 15.6. The largest absolute Gasteiger partial charge is 0.308 e. The van der Waals surface area contributed by atoms with Gasteiger partial charge in [-0.2, -0.15) is 0 Å². The van der Waals surface area contributed by atoms with Crippen LogP contribution in [-0.2, 0) is 0 Å². The molecule has 7 rings (SSSR count). The van der Waals surface area contributed by atoms with E-state index in [-0.39, 0.29) is 0 Å². The number of fused-ring (bicyclic) bond motifs is 5. The van der Waals surface area contributed by atoms with Crippen molar-refractivity contribution < 1.29 is 0 Å². The Labute approximate surface area is 186 Å². The molecule has 32 heavy (non-hydrogen) atoms. The van der Waals surface area contributed by atoms with Gasteiger partial charge < -0.3 is 4.40 Å². The Morgan fingerprint density at radius 1 is 0.594 bits per heavy atom. The third-order valence-electron chi connectivity index (χ3n) is 6.80. The van der Waals surface area contributed by atoms with Crippen LogP contribution in [0.15, 0.2) is 78.9 Å². The van der Waals surface area contributed by atoms with Gasteiger partial charge in [0.2, 0.25) is 0 Å². The first kappa shape index (κ1) is 17.7. The highest BCUT2D eigenvalue weighted by atomic mass is 14.9. The van der Waals surface area contributed by atoms with Gasteiger partial charge in [-0.05, 0) is 62.6 Å². The van der Waals surface area contributed by atoms with E-state index in [1.54, 1.807) is 0 Å². The van der Waals surface area contributed by atoms with E-state index in [0.29, 0.717) is 0 Å². The number of benzene rings is 4. The van der Waals surface area contributed by atoms with Gasteiger partial charge in [0.05, 0.1) is 27.8 Å². The zero-order chi connectivity index (χ0) is 21.6. The molecule has 0 saturated heterocycles. The Kier molecular flexibility index (Phi) is 3.37. The molecule has 0 aliphatic rings. The summed E-state index contributed by atoms with van der Waals surface area (Å²) in [4.78, 5) is 5.13. The van der Waals surface area contributed by atoms with E-state index in [4.69, 9.17) is 4.98 Å². The molecule has 0 bridgehead atoms. The van der Waals surface area contributed by atoms with Gasteiger partial charge in [-0.25, -0.2) is 4.98 Å². The molecule has 0 aliphatic heterocycles. The van der Waals surface area contributed by atoms with Crippen LogP contribution in [0.5, 0.6) is 0 Å². The SMILES string of the molecule is Cc1cc(C)cc(-c2cc3c4c(cccc4c4cccc5c6cc(C)ccc6n3c45)n2)c1. The molecular weight excluding hydrogens is 388 g/mol. The van der Waals surface area contributed by atoms with Crippen molar-refractivity contribution in [2.75, 3.05) is 0 Å². The van der Waals surface area contributed by atoms with E-state index >= 15 is 0 Å². The van der Waals surface area contributed by atoms with Gasteiger partial charge in [0, 0.05) is 27.1 Å². The molecule has 0 unspecified atom stereocenters. The number of nitrogens with zero attached hydrogens (tertiary/aromatic N) is 2. The first-order valence-electron chi connectivity index (χ1n) is 11.2. The Balaban J connectivity index is 1.77. The summed E-state index contributed by atoms with van der Waals surface area (Å²) in [5, 5.41) is 6.42. The van der Waals surface area contributed by atoms with Gasteiger partial charge >= 0.3 is 0 Å². The molecule has 3 aromatic heterocycles. The topological polar surface area (TPSA) is 17.3 Å². The second kappa shape index (κ2) is 6.08. The minimum atomic E-state index is 1.03. The van der Waals surface area contributed by atoms with Gasteiger partial charge in [-0.15, -0.1) is 0 Å². The van der Waals surface area contributed by atoms with Crippen LogP contribution in [-0.4, -0.2) is 9.38 Å². The second-order valence-electron chi connectivity index (χ2n) is 9.16. The fourth-order valence-electron chi connectivity index (χ4n) is 5.59. The van der Waals surface area contributed by atoms with E-state index < -0.39 is 0 Å². The molecule has 0 N–H and O–H groups in total. The van der Waals surface area contributed by atoms with Crippen molar-refractivity contribution in [3.63, 3.8) is 0 Å². The van der Waals surface area contributed by atoms with E-state index in [0.717, 1.165) is 11.2 Å². The fraction of sp³-hybridized carbons (Fsp3) is 0.100. The standard InChI is InChI=1S/C30H22N2/c1-17-10-11-27-24(15-17)23-8-4-7-22-21-6-5-9-25-29(21)28(32(27)30(22)23)16-26(31-25)20-13-18(2)12-19(3)14-20/h4-16H,1-3H3. The van der Waals surface area contributed by atoms with Crippen LogP contribution >= 0.6 is 0 Å². The number of hydrogen-bond donors (Lipinski definition) is 0. The van der Waals surface area contributed by atoms with E-state index in [2.05, 4.69) is 104 Å². The average Bonchev–Trinajstić information content (AvgIpc) is 3.11. The van der Waals surface area contributed by atoms with Crippen molar-refractivity contribution in [3.8, 4) is 11.3 Å². The number of para-hydroxylation sites is 1. The first-order valence-corrected chi connectivity index (χ1v) is 11.2. The van der Waals surface area contributed by atoms with Crippen LogP contribution in [0.1, 0.15) is 16.7 Å². The Hall–Kier alpha value is -3.91. The molecule has 4 aromatic carbocycles. The fourth-order valence-corrected chi connectivity index (χ4v) is 5.59. The smallest absolute Gasteiger partial charge is 0.0736 e. The summed E-state index contributed by atoms with van der Waals surface area (Å²) in [7, 11) is 0. The van der Waals surface area contributed by atoms with Crippen LogP contribution in [0.2, 0.25) is 0 Å². The summed E-state index contributed by atoms with van der Waals surface area (Å²) < 4.78 is 2.46. The summed E-state index contributed by atoms with van der Waals surface area (Å²) in [6, 6.07) is 29.0. The molecule has 0 radical (unpaired) electrons. The zero-order valence-corrected chi connectivity index (χ0v) is 18.4. The van der Waals surface area contributed by atoms with E-state index in [1.807, 2.05) is 0 Å². The second-order valence-corrected chi connectivity index (χ2v) is 9.16. The molecule has 0 fully saturated rings. The molecule has 0 spiro atoms. The average molecular weight is 411 g/mol. The van der Waals surface area contributed by atoms with Crippen molar-refractivity contribution in [1.29, 1.82) is 0 Å². The number of rotatable bonds is 1. The minimum absolute atomic E-state index is 1.03. The van der Waals surface area contributed by atoms with Gasteiger partial charge in [-0.3, -0.25) is 0 Å². The van der Waals surface area contributed by atoms with Crippen LogP contribution in [0, 0.1) is 20.8 Å². The molecule has 2 heteroatoms. The van der Waals surface area contributed by atoms with E-state index in [9.17, 15) is 0 Å². The maximum atomic E-state index is 5.13. The molecule has 152 valence electrons. The van der Waals surface area contributed by atoms with Crippen molar-refractivity contribution in [1.82, 2.24) is 9.38 Å². The number of aromatic nitrogens is 2. The van der Waals surface area contributed by atoms with Gasteiger partial charge in [0.1, 0.15) is 0 Å². The Bertz CT molecular complexity index is 1830. The highest BCUT2D eigenvalue weighted by molar-refractivity contribution is 6.26. The van der Waals surface area contributed by atoms with Crippen LogP contribution in [0.25, 0.3) is 60.3 Å². The van der Waals surface area contributed by atoms with Crippen LogP contribution < -0.4 is 0 Å². The van der Waals surface area contributed by atoms with E-state index in [1.165, 1.54) is 65.7 Å². The highest BCUT2D eigenvalue weighted by Crippen LogP contribution is 2.41. The predicted octanol–water partition coefficient (Wildman–Crippen LogP) is 7.98. The predicted molar refractivity (Wildman–Crippen MR) is 136 cm³/mol.